The molecule has 15 heavy (non-hydrogen) atoms. The van der Waals surface area contributed by atoms with Crippen molar-refractivity contribution >= 4 is 22.4 Å². The normalized spacial score (nSPS) is 9.87. The average molecular weight is 216 g/mol. The van der Waals surface area contributed by atoms with Crippen LogP contribution >= 0.6 is 11.3 Å². The fourth-order valence-electron chi connectivity index (χ4n) is 1.09. The van der Waals surface area contributed by atoms with Gasteiger partial charge in [-0.25, -0.2) is 4.98 Å². The third kappa shape index (κ3) is 2.32. The van der Waals surface area contributed by atoms with Crippen LogP contribution in [0.15, 0.2) is 23.6 Å². The Balaban J connectivity index is 2.24. The van der Waals surface area contributed by atoms with Gasteiger partial charge in [0.15, 0.2) is 11.1 Å². The molecule has 0 aliphatic rings. The summed E-state index contributed by atoms with van der Waals surface area (Å²) in [6.45, 7) is 0. The number of rotatable bonds is 2. The molecule has 2 radical (unpaired) electrons. The lowest BCUT2D eigenvalue weighted by Gasteiger charge is -1.96. The summed E-state index contributed by atoms with van der Waals surface area (Å²) < 4.78 is 0. The molecule has 0 bridgehead atoms. The maximum atomic E-state index is 7.07. The molecule has 0 unspecified atom stereocenters. The van der Waals surface area contributed by atoms with Gasteiger partial charge in [0.05, 0.1) is 5.69 Å². The number of guanidine groups is 1. The van der Waals surface area contributed by atoms with Crippen LogP contribution in [0.3, 0.4) is 0 Å². The maximum absolute atomic E-state index is 7.07. The highest BCUT2D eigenvalue weighted by Crippen LogP contribution is 2.23. The first-order valence-electron chi connectivity index (χ1n) is 4.20. The summed E-state index contributed by atoms with van der Waals surface area (Å²) in [4.78, 5) is 4.27. The molecule has 0 saturated heterocycles. The molecule has 2 aromatic rings. The van der Waals surface area contributed by atoms with Crippen molar-refractivity contribution in [1.82, 2.24) is 4.98 Å². The molecular weight excluding hydrogens is 208 g/mol. The molecule has 1 heterocycles. The number of aromatic nitrogens is 1. The second kappa shape index (κ2) is 4.10. The van der Waals surface area contributed by atoms with Crippen molar-refractivity contribution in [2.45, 2.75) is 0 Å². The molecular formula is C10H8N4S. The van der Waals surface area contributed by atoms with Crippen LogP contribution < -0.4 is 11.1 Å². The van der Waals surface area contributed by atoms with Gasteiger partial charge in [-0.2, -0.15) is 0 Å². The monoisotopic (exact) mass is 216 g/mol. The van der Waals surface area contributed by atoms with Crippen LogP contribution in [0.4, 0.5) is 5.13 Å². The highest BCUT2D eigenvalue weighted by Gasteiger charge is 2.03. The maximum Gasteiger partial charge on any atom is 0.192 e. The summed E-state index contributed by atoms with van der Waals surface area (Å²) in [7, 11) is 0. The Kier molecular flexibility index (Phi) is 2.64. The van der Waals surface area contributed by atoms with E-state index in [1.807, 2.05) is 17.5 Å². The topological polar surface area (TPSA) is 74.8 Å². The molecule has 2 rings (SSSR count). The van der Waals surface area contributed by atoms with Crippen LogP contribution in [0.5, 0.6) is 0 Å². The first-order valence-corrected chi connectivity index (χ1v) is 5.08. The minimum atomic E-state index is -0.108. The van der Waals surface area contributed by atoms with E-state index < -0.39 is 0 Å². The second-order valence-electron chi connectivity index (χ2n) is 2.80. The minimum absolute atomic E-state index is 0.108. The van der Waals surface area contributed by atoms with Crippen molar-refractivity contribution in [3.63, 3.8) is 0 Å². The highest BCUT2D eigenvalue weighted by atomic mass is 32.1. The predicted molar refractivity (Wildman–Crippen MR) is 60.8 cm³/mol. The molecule has 0 saturated carbocycles. The lowest BCUT2D eigenvalue weighted by atomic mass is 10.2. The first kappa shape index (κ1) is 9.67. The number of nitrogens with one attached hydrogen (secondary N) is 2. The van der Waals surface area contributed by atoms with Gasteiger partial charge in [0, 0.05) is 10.9 Å². The molecule has 5 heteroatoms. The Morgan fingerprint density at radius 1 is 1.53 bits per heavy atom. The van der Waals surface area contributed by atoms with Crippen molar-refractivity contribution in [2.24, 2.45) is 5.73 Å². The SMILES string of the molecule is N=C(N)Nc1nc(-c2c[c][c]cc2)cs1. The summed E-state index contributed by atoms with van der Waals surface area (Å²) in [5.41, 5.74) is 7.02. The number of hydrogen-bond acceptors (Lipinski definition) is 3. The van der Waals surface area contributed by atoms with Gasteiger partial charge in [-0.1, -0.05) is 12.1 Å². The minimum Gasteiger partial charge on any atom is -0.370 e. The zero-order valence-corrected chi connectivity index (χ0v) is 8.56. The lowest BCUT2D eigenvalue weighted by Crippen LogP contribution is -2.20. The Bertz CT molecular complexity index is 463. The molecule has 74 valence electrons. The molecule has 1 aromatic heterocycles. The van der Waals surface area contributed by atoms with Crippen LogP contribution in [-0.2, 0) is 0 Å². The van der Waals surface area contributed by atoms with E-state index >= 15 is 0 Å². The van der Waals surface area contributed by atoms with Gasteiger partial charge in [-0.05, 0) is 18.2 Å². The van der Waals surface area contributed by atoms with E-state index in [0.29, 0.717) is 5.13 Å². The predicted octanol–water partition coefficient (Wildman–Crippen LogP) is 1.72. The van der Waals surface area contributed by atoms with Crippen molar-refractivity contribution in [3.05, 3.63) is 35.7 Å². The zero-order chi connectivity index (χ0) is 10.7. The van der Waals surface area contributed by atoms with Gasteiger partial charge in [-0.15, -0.1) is 11.3 Å². The fraction of sp³-hybridized carbons (Fsp3) is 0. The molecule has 0 atom stereocenters. The largest absolute Gasteiger partial charge is 0.370 e. The summed E-state index contributed by atoms with van der Waals surface area (Å²) in [5.74, 6) is -0.108. The van der Waals surface area contributed by atoms with E-state index in [9.17, 15) is 0 Å². The first-order chi connectivity index (χ1) is 7.25. The van der Waals surface area contributed by atoms with Gasteiger partial charge in [0.25, 0.3) is 0 Å². The van der Waals surface area contributed by atoms with E-state index in [0.717, 1.165) is 11.3 Å². The van der Waals surface area contributed by atoms with Crippen molar-refractivity contribution in [1.29, 1.82) is 5.41 Å². The van der Waals surface area contributed by atoms with Gasteiger partial charge in [0.1, 0.15) is 0 Å². The average Bonchev–Trinajstić information content (AvgIpc) is 2.67. The van der Waals surface area contributed by atoms with Gasteiger partial charge >= 0.3 is 0 Å². The summed E-state index contributed by atoms with van der Waals surface area (Å²) >= 11 is 1.41. The van der Waals surface area contributed by atoms with Crippen molar-refractivity contribution < 1.29 is 0 Å². The van der Waals surface area contributed by atoms with Gasteiger partial charge in [-0.3, -0.25) is 5.41 Å². The van der Waals surface area contributed by atoms with E-state index in [-0.39, 0.29) is 5.96 Å². The molecule has 0 aliphatic carbocycles. The van der Waals surface area contributed by atoms with Crippen LogP contribution in [0, 0.1) is 17.5 Å². The van der Waals surface area contributed by atoms with E-state index in [1.165, 1.54) is 11.3 Å². The van der Waals surface area contributed by atoms with E-state index in [2.05, 4.69) is 22.4 Å². The smallest absolute Gasteiger partial charge is 0.192 e. The number of benzene rings is 1. The van der Waals surface area contributed by atoms with Gasteiger partial charge < -0.3 is 11.1 Å². The van der Waals surface area contributed by atoms with Crippen LogP contribution in [-0.4, -0.2) is 10.9 Å². The van der Waals surface area contributed by atoms with Crippen molar-refractivity contribution in [3.8, 4) is 11.3 Å². The Hall–Kier alpha value is -1.88. The Morgan fingerprint density at radius 3 is 3.07 bits per heavy atom. The van der Waals surface area contributed by atoms with Crippen molar-refractivity contribution in [2.75, 3.05) is 5.32 Å². The number of nitrogens with zero attached hydrogens (tertiary/aromatic N) is 1. The molecule has 4 N–H and O–H groups in total. The molecule has 0 spiro atoms. The standard InChI is InChI=1S/C10H8N4S/c11-9(12)14-10-13-8(6-15-10)7-4-2-1-3-5-7/h2,4-6H,(H4,11,12,13,14). The second-order valence-corrected chi connectivity index (χ2v) is 3.66. The number of thiazole rings is 1. The fourth-order valence-corrected chi connectivity index (χ4v) is 1.82. The molecule has 0 fully saturated rings. The third-order valence-electron chi connectivity index (χ3n) is 1.70. The lowest BCUT2D eigenvalue weighted by molar-refractivity contribution is 1.35. The summed E-state index contributed by atoms with van der Waals surface area (Å²) in [5, 5.41) is 12.2. The number of anilines is 1. The number of hydrogen-bond donors (Lipinski definition) is 3. The Morgan fingerprint density at radius 2 is 2.40 bits per heavy atom. The quantitative estimate of drug-likeness (QED) is 0.528. The van der Waals surface area contributed by atoms with Crippen LogP contribution in [0.2, 0.25) is 0 Å². The molecule has 4 nitrogen and oxygen atoms in total. The molecule has 0 amide bonds. The third-order valence-corrected chi connectivity index (χ3v) is 2.46. The molecule has 0 aliphatic heterocycles. The zero-order valence-electron chi connectivity index (χ0n) is 7.74. The van der Waals surface area contributed by atoms with Crippen LogP contribution in [0.1, 0.15) is 0 Å². The molecule has 1 aromatic carbocycles. The van der Waals surface area contributed by atoms with Crippen LogP contribution in [0.25, 0.3) is 11.3 Å². The van der Waals surface area contributed by atoms with Gasteiger partial charge in [0.2, 0.25) is 0 Å². The van der Waals surface area contributed by atoms with E-state index in [1.54, 1.807) is 6.07 Å². The van der Waals surface area contributed by atoms with E-state index in [4.69, 9.17) is 11.1 Å². The summed E-state index contributed by atoms with van der Waals surface area (Å²) in [6.07, 6.45) is 0. The highest BCUT2D eigenvalue weighted by molar-refractivity contribution is 7.14. The summed E-state index contributed by atoms with van der Waals surface area (Å²) in [6, 6.07) is 11.2. The Labute approximate surface area is 91.3 Å². The number of nitrogens with two attached hydrogens (primary N) is 1.